The number of aryl methyl sites for hydroxylation is 1. The molecule has 0 aliphatic carbocycles. The van der Waals surface area contributed by atoms with Gasteiger partial charge in [0.25, 0.3) is 0 Å². The second-order valence-corrected chi connectivity index (χ2v) is 6.32. The van der Waals surface area contributed by atoms with E-state index in [1.165, 1.54) is 16.3 Å². The van der Waals surface area contributed by atoms with E-state index in [4.69, 9.17) is 0 Å². The molecule has 4 aromatic carbocycles. The van der Waals surface area contributed by atoms with Crippen molar-refractivity contribution in [3.8, 4) is 11.1 Å². The highest BCUT2D eigenvalue weighted by molar-refractivity contribution is 6.06. The first kappa shape index (κ1) is 14.6. The monoisotopic (exact) mass is 310 g/mol. The lowest BCUT2D eigenvalue weighted by Crippen LogP contribution is -1.98. The van der Waals surface area contributed by atoms with Gasteiger partial charge < -0.3 is 0 Å². The molecule has 0 N–H and O–H groups in total. The predicted octanol–water partition coefficient (Wildman–Crippen LogP) is 6.17. The number of carbonyl (C=O) groups excluding carboxylic acids is 1. The summed E-state index contributed by atoms with van der Waals surface area (Å²) >= 11 is 0. The summed E-state index contributed by atoms with van der Waals surface area (Å²) in [7, 11) is 0. The molecule has 0 radical (unpaired) electrons. The summed E-state index contributed by atoms with van der Waals surface area (Å²) in [4.78, 5) is 12.3. The van der Waals surface area contributed by atoms with Crippen molar-refractivity contribution in [3.63, 3.8) is 0 Å². The third kappa shape index (κ3) is 2.39. The molecule has 1 nitrogen and oxygen atoms in total. The molecule has 0 saturated carbocycles. The average molecular weight is 310 g/mol. The van der Waals surface area contributed by atoms with Crippen LogP contribution in [0.5, 0.6) is 0 Å². The zero-order chi connectivity index (χ0) is 16.7. The Morgan fingerprint density at radius 3 is 1.67 bits per heavy atom. The van der Waals surface area contributed by atoms with Crippen LogP contribution in [0.2, 0.25) is 0 Å². The second kappa shape index (κ2) is 5.61. The minimum atomic E-state index is 0.100. The van der Waals surface area contributed by atoms with Crippen molar-refractivity contribution in [3.05, 3.63) is 83.9 Å². The molecular formula is C23H18O. The molecule has 0 aliphatic rings. The molecule has 0 bridgehead atoms. The van der Waals surface area contributed by atoms with E-state index < -0.39 is 0 Å². The summed E-state index contributed by atoms with van der Waals surface area (Å²) in [6, 6.07) is 25.1. The molecule has 0 fully saturated rings. The van der Waals surface area contributed by atoms with Crippen LogP contribution in [0.3, 0.4) is 0 Å². The van der Waals surface area contributed by atoms with Crippen LogP contribution in [0, 0.1) is 6.92 Å². The first-order valence-electron chi connectivity index (χ1n) is 8.17. The van der Waals surface area contributed by atoms with Crippen molar-refractivity contribution in [1.82, 2.24) is 0 Å². The molecule has 0 amide bonds. The third-order valence-corrected chi connectivity index (χ3v) is 4.65. The van der Waals surface area contributed by atoms with E-state index in [9.17, 15) is 4.79 Å². The maximum Gasteiger partial charge on any atom is 0.160 e. The van der Waals surface area contributed by atoms with E-state index in [0.717, 1.165) is 27.5 Å². The van der Waals surface area contributed by atoms with E-state index in [-0.39, 0.29) is 5.78 Å². The number of hydrogen-bond donors (Lipinski definition) is 0. The summed E-state index contributed by atoms with van der Waals surface area (Å²) in [5.41, 5.74) is 4.12. The summed E-state index contributed by atoms with van der Waals surface area (Å²) in [5, 5.41) is 4.68. The number of hydrogen-bond acceptors (Lipinski definition) is 1. The number of Topliss-reactive ketones (excluding diaryl/α,β-unsaturated/α-hetero) is 1. The van der Waals surface area contributed by atoms with Crippen LogP contribution >= 0.6 is 0 Å². The van der Waals surface area contributed by atoms with Crippen LogP contribution in [0.4, 0.5) is 0 Å². The highest BCUT2D eigenvalue weighted by Gasteiger charge is 2.13. The van der Waals surface area contributed by atoms with Gasteiger partial charge in [0.1, 0.15) is 0 Å². The van der Waals surface area contributed by atoms with E-state index in [1.54, 1.807) is 6.92 Å². The Balaban J connectivity index is 2.06. The molecule has 1 heteroatoms. The van der Waals surface area contributed by atoms with Crippen molar-refractivity contribution >= 4 is 27.3 Å². The summed E-state index contributed by atoms with van der Waals surface area (Å²) in [6.07, 6.45) is 0. The zero-order valence-electron chi connectivity index (χ0n) is 13.8. The fourth-order valence-corrected chi connectivity index (χ4v) is 3.40. The molecule has 116 valence electrons. The van der Waals surface area contributed by atoms with Gasteiger partial charge in [0.15, 0.2) is 5.78 Å². The fourth-order valence-electron chi connectivity index (χ4n) is 3.40. The van der Waals surface area contributed by atoms with Crippen LogP contribution in [0.25, 0.3) is 32.7 Å². The van der Waals surface area contributed by atoms with Gasteiger partial charge in [-0.1, -0.05) is 54.6 Å². The van der Waals surface area contributed by atoms with E-state index in [1.807, 2.05) is 24.3 Å². The molecule has 0 aliphatic heterocycles. The molecular weight excluding hydrogens is 292 g/mol. The lowest BCUT2D eigenvalue weighted by Gasteiger charge is -2.14. The molecule has 4 rings (SSSR count). The SMILES string of the molecule is CC(=O)c1cc2ccccc2cc1-c1cc2ccccc2cc1C. The van der Waals surface area contributed by atoms with Gasteiger partial charge >= 0.3 is 0 Å². The Morgan fingerprint density at radius 2 is 1.12 bits per heavy atom. The predicted molar refractivity (Wildman–Crippen MR) is 102 cm³/mol. The lowest BCUT2D eigenvalue weighted by atomic mass is 9.90. The lowest BCUT2D eigenvalue weighted by molar-refractivity contribution is 0.101. The number of fused-ring (bicyclic) bond motifs is 2. The van der Waals surface area contributed by atoms with Crippen LogP contribution in [-0.2, 0) is 0 Å². The van der Waals surface area contributed by atoms with Crippen LogP contribution in [-0.4, -0.2) is 5.78 Å². The Labute approximate surface area is 141 Å². The Morgan fingerprint density at radius 1 is 0.667 bits per heavy atom. The van der Waals surface area contributed by atoms with Crippen molar-refractivity contribution in [2.45, 2.75) is 13.8 Å². The van der Waals surface area contributed by atoms with Gasteiger partial charge in [-0.3, -0.25) is 4.79 Å². The third-order valence-electron chi connectivity index (χ3n) is 4.65. The van der Waals surface area contributed by atoms with Gasteiger partial charge in [-0.15, -0.1) is 0 Å². The summed E-state index contributed by atoms with van der Waals surface area (Å²) in [5.74, 6) is 0.100. The van der Waals surface area contributed by atoms with Gasteiger partial charge in [-0.2, -0.15) is 0 Å². The van der Waals surface area contributed by atoms with E-state index in [0.29, 0.717) is 0 Å². The molecule has 24 heavy (non-hydrogen) atoms. The Bertz CT molecular complexity index is 1090. The van der Waals surface area contributed by atoms with Crippen LogP contribution in [0.15, 0.2) is 72.8 Å². The minimum absolute atomic E-state index is 0.100. The van der Waals surface area contributed by atoms with Gasteiger partial charge in [-0.25, -0.2) is 0 Å². The molecule has 0 spiro atoms. The van der Waals surface area contributed by atoms with Crippen molar-refractivity contribution < 1.29 is 4.79 Å². The largest absolute Gasteiger partial charge is 0.294 e. The summed E-state index contributed by atoms with van der Waals surface area (Å²) in [6.45, 7) is 3.75. The van der Waals surface area contributed by atoms with Gasteiger partial charge in [0.2, 0.25) is 0 Å². The fraction of sp³-hybridized carbons (Fsp3) is 0.0870. The molecule has 0 unspecified atom stereocenters. The molecule has 4 aromatic rings. The van der Waals surface area contributed by atoms with E-state index in [2.05, 4.69) is 55.5 Å². The van der Waals surface area contributed by atoms with Gasteiger partial charge in [0.05, 0.1) is 0 Å². The zero-order valence-corrected chi connectivity index (χ0v) is 13.8. The van der Waals surface area contributed by atoms with Crippen molar-refractivity contribution in [1.29, 1.82) is 0 Å². The first-order valence-corrected chi connectivity index (χ1v) is 8.17. The van der Waals surface area contributed by atoms with Crippen LogP contribution < -0.4 is 0 Å². The normalized spacial score (nSPS) is 11.1. The number of benzene rings is 4. The number of rotatable bonds is 2. The number of carbonyl (C=O) groups is 1. The first-order chi connectivity index (χ1) is 11.6. The summed E-state index contributed by atoms with van der Waals surface area (Å²) < 4.78 is 0. The minimum Gasteiger partial charge on any atom is -0.294 e. The highest BCUT2D eigenvalue weighted by Crippen LogP contribution is 2.33. The van der Waals surface area contributed by atoms with E-state index >= 15 is 0 Å². The quantitative estimate of drug-likeness (QED) is 0.404. The standard InChI is InChI=1S/C23H18O/c1-15-11-17-7-3-4-8-18(17)12-21(15)23-14-20-10-6-5-9-19(20)13-22(23)16(2)24/h3-14H,1-2H3. The average Bonchev–Trinajstić information content (AvgIpc) is 2.60. The number of ketones is 1. The van der Waals surface area contributed by atoms with Gasteiger partial charge in [-0.05, 0) is 70.3 Å². The smallest absolute Gasteiger partial charge is 0.160 e. The highest BCUT2D eigenvalue weighted by atomic mass is 16.1. The Kier molecular flexibility index (Phi) is 3.42. The molecule has 0 aromatic heterocycles. The molecule has 0 saturated heterocycles. The topological polar surface area (TPSA) is 17.1 Å². The Hall–Kier alpha value is -2.93. The molecule has 0 atom stereocenters. The van der Waals surface area contributed by atoms with Crippen molar-refractivity contribution in [2.75, 3.05) is 0 Å². The molecule has 0 heterocycles. The van der Waals surface area contributed by atoms with Crippen molar-refractivity contribution in [2.24, 2.45) is 0 Å². The second-order valence-electron chi connectivity index (χ2n) is 6.32. The van der Waals surface area contributed by atoms with Gasteiger partial charge in [0, 0.05) is 5.56 Å². The maximum absolute atomic E-state index is 12.3. The van der Waals surface area contributed by atoms with Crippen LogP contribution in [0.1, 0.15) is 22.8 Å². The maximum atomic E-state index is 12.3.